The lowest BCUT2D eigenvalue weighted by atomic mass is 10.0. The Balaban J connectivity index is 1.49. The largest absolute Gasteiger partial charge is 0.495 e. The molecular formula is C24H37N3OS. The van der Waals surface area contributed by atoms with Gasteiger partial charge in [-0.15, -0.1) is 11.8 Å². The van der Waals surface area contributed by atoms with Gasteiger partial charge in [0.25, 0.3) is 0 Å². The Morgan fingerprint density at radius 2 is 1.86 bits per heavy atom. The number of allylic oxidation sites excluding steroid dienone is 1. The molecule has 0 unspecified atom stereocenters. The zero-order chi connectivity index (χ0) is 20.5. The van der Waals surface area contributed by atoms with Crippen molar-refractivity contribution >= 4 is 17.4 Å². The monoisotopic (exact) mass is 415 g/mol. The minimum atomic E-state index is 0.666. The fourth-order valence-electron chi connectivity index (χ4n) is 4.41. The molecule has 1 aliphatic heterocycles. The first-order chi connectivity index (χ1) is 14.2. The SMILES string of the molecule is C=C(S/C=C(\N)CN1CCCN(c2ccccc2OC)CC1)C1CCCCCC1. The maximum Gasteiger partial charge on any atom is 0.142 e. The van der Waals surface area contributed by atoms with Gasteiger partial charge in [-0.25, -0.2) is 0 Å². The summed E-state index contributed by atoms with van der Waals surface area (Å²) in [7, 11) is 1.75. The van der Waals surface area contributed by atoms with Crippen LogP contribution in [0.15, 0.2) is 46.9 Å². The third kappa shape index (κ3) is 6.71. The summed E-state index contributed by atoms with van der Waals surface area (Å²) >= 11 is 1.76. The van der Waals surface area contributed by atoms with Crippen LogP contribution in [-0.4, -0.2) is 44.7 Å². The van der Waals surface area contributed by atoms with E-state index in [2.05, 4.69) is 33.9 Å². The van der Waals surface area contributed by atoms with Gasteiger partial charge in [-0.3, -0.25) is 4.90 Å². The highest BCUT2D eigenvalue weighted by atomic mass is 32.2. The summed E-state index contributed by atoms with van der Waals surface area (Å²) in [6.07, 6.45) is 9.18. The van der Waals surface area contributed by atoms with Gasteiger partial charge in [0.2, 0.25) is 0 Å². The second-order valence-electron chi connectivity index (χ2n) is 8.25. The lowest BCUT2D eigenvalue weighted by Crippen LogP contribution is -2.33. The van der Waals surface area contributed by atoms with Crippen LogP contribution in [0.25, 0.3) is 0 Å². The van der Waals surface area contributed by atoms with Crippen LogP contribution in [0.3, 0.4) is 0 Å². The Labute approximate surface area is 181 Å². The van der Waals surface area contributed by atoms with E-state index in [1.807, 2.05) is 12.1 Å². The normalized spacial score (nSPS) is 20.2. The van der Waals surface area contributed by atoms with Crippen molar-refractivity contribution in [3.8, 4) is 5.75 Å². The van der Waals surface area contributed by atoms with E-state index in [4.69, 9.17) is 10.5 Å². The highest BCUT2D eigenvalue weighted by Gasteiger charge is 2.18. The molecule has 0 amide bonds. The number of rotatable bonds is 7. The van der Waals surface area contributed by atoms with Gasteiger partial charge in [0.1, 0.15) is 5.75 Å². The van der Waals surface area contributed by atoms with Gasteiger partial charge in [0, 0.05) is 38.4 Å². The topological polar surface area (TPSA) is 41.7 Å². The van der Waals surface area contributed by atoms with Crippen molar-refractivity contribution in [2.24, 2.45) is 11.7 Å². The molecule has 1 aliphatic carbocycles. The summed E-state index contributed by atoms with van der Waals surface area (Å²) in [6.45, 7) is 9.32. The third-order valence-electron chi connectivity index (χ3n) is 6.09. The van der Waals surface area contributed by atoms with Gasteiger partial charge in [-0.1, -0.05) is 44.4 Å². The first-order valence-corrected chi connectivity index (χ1v) is 12.0. The molecule has 160 valence electrons. The zero-order valence-electron chi connectivity index (χ0n) is 17.9. The number of thioether (sulfide) groups is 1. The predicted octanol–water partition coefficient (Wildman–Crippen LogP) is 5.22. The quantitative estimate of drug-likeness (QED) is 0.618. The smallest absolute Gasteiger partial charge is 0.142 e. The van der Waals surface area contributed by atoms with Crippen molar-refractivity contribution in [2.45, 2.75) is 44.9 Å². The minimum absolute atomic E-state index is 0.666. The molecule has 2 aliphatic rings. The van der Waals surface area contributed by atoms with Gasteiger partial charge in [0.15, 0.2) is 0 Å². The predicted molar refractivity (Wildman–Crippen MR) is 126 cm³/mol. The van der Waals surface area contributed by atoms with E-state index in [9.17, 15) is 0 Å². The maximum atomic E-state index is 6.38. The number of nitrogens with zero attached hydrogens (tertiary/aromatic N) is 2. The Kier molecular flexibility index (Phi) is 8.81. The molecule has 1 aromatic carbocycles. The molecular weight excluding hydrogens is 378 g/mol. The number of para-hydroxylation sites is 2. The number of nitrogens with two attached hydrogens (primary N) is 1. The third-order valence-corrected chi connectivity index (χ3v) is 7.15. The summed E-state index contributed by atoms with van der Waals surface area (Å²) in [5, 5.41) is 2.14. The molecule has 5 heteroatoms. The van der Waals surface area contributed by atoms with Crippen molar-refractivity contribution in [3.63, 3.8) is 0 Å². The number of anilines is 1. The summed E-state index contributed by atoms with van der Waals surface area (Å²) in [5.41, 5.74) is 8.52. The van der Waals surface area contributed by atoms with E-state index in [1.165, 1.54) is 49.1 Å². The molecule has 1 saturated carbocycles. The van der Waals surface area contributed by atoms with Crippen LogP contribution in [0.5, 0.6) is 5.75 Å². The second kappa shape index (κ2) is 11.6. The van der Waals surface area contributed by atoms with E-state index >= 15 is 0 Å². The molecule has 2 fully saturated rings. The van der Waals surface area contributed by atoms with Gasteiger partial charge >= 0.3 is 0 Å². The first kappa shape index (κ1) is 22.1. The fourth-order valence-corrected chi connectivity index (χ4v) is 5.21. The number of hydrogen-bond donors (Lipinski definition) is 1. The van der Waals surface area contributed by atoms with Crippen molar-refractivity contribution in [3.05, 3.63) is 46.9 Å². The van der Waals surface area contributed by atoms with E-state index < -0.39 is 0 Å². The molecule has 0 atom stereocenters. The molecule has 0 aromatic heterocycles. The van der Waals surface area contributed by atoms with Gasteiger partial charge in [-0.05, 0) is 47.6 Å². The average Bonchev–Trinajstić information content (AvgIpc) is 3.15. The minimum Gasteiger partial charge on any atom is -0.495 e. The maximum absolute atomic E-state index is 6.38. The summed E-state index contributed by atoms with van der Waals surface area (Å²) in [4.78, 5) is 6.20. The average molecular weight is 416 g/mol. The van der Waals surface area contributed by atoms with Crippen molar-refractivity contribution in [2.75, 3.05) is 44.7 Å². The molecule has 29 heavy (non-hydrogen) atoms. The standard InChI is InChI=1S/C24H37N3OS/c1-20(21-10-5-3-4-6-11-21)29-19-22(25)18-26-14-9-15-27(17-16-26)23-12-7-8-13-24(23)28-2/h7-8,12-13,19,21H,1,3-6,9-11,14-18,25H2,2H3/b22-19-. The number of methoxy groups -OCH3 is 1. The summed E-state index contributed by atoms with van der Waals surface area (Å²) in [5.74, 6) is 1.62. The molecule has 1 heterocycles. The number of benzene rings is 1. The van der Waals surface area contributed by atoms with Crippen molar-refractivity contribution in [1.82, 2.24) is 4.90 Å². The molecule has 0 bridgehead atoms. The van der Waals surface area contributed by atoms with Crippen molar-refractivity contribution in [1.29, 1.82) is 0 Å². The van der Waals surface area contributed by atoms with Crippen LogP contribution in [-0.2, 0) is 0 Å². The van der Waals surface area contributed by atoms with Crippen LogP contribution >= 0.6 is 11.8 Å². The lowest BCUT2D eigenvalue weighted by Gasteiger charge is -2.25. The summed E-state index contributed by atoms with van der Waals surface area (Å²) < 4.78 is 5.55. The van der Waals surface area contributed by atoms with Gasteiger partial charge in [-0.2, -0.15) is 0 Å². The molecule has 0 spiro atoms. The van der Waals surface area contributed by atoms with Crippen LogP contribution in [0.2, 0.25) is 0 Å². The van der Waals surface area contributed by atoms with Crippen LogP contribution in [0, 0.1) is 5.92 Å². The summed E-state index contributed by atoms with van der Waals surface area (Å²) in [6, 6.07) is 8.30. The van der Waals surface area contributed by atoms with Crippen molar-refractivity contribution < 1.29 is 4.74 Å². The van der Waals surface area contributed by atoms with Crippen LogP contribution < -0.4 is 15.4 Å². The van der Waals surface area contributed by atoms with E-state index in [-0.39, 0.29) is 0 Å². The van der Waals surface area contributed by atoms with E-state index in [1.54, 1.807) is 18.9 Å². The van der Waals surface area contributed by atoms with Crippen LogP contribution in [0.1, 0.15) is 44.9 Å². The van der Waals surface area contributed by atoms with Crippen LogP contribution in [0.4, 0.5) is 5.69 Å². The molecule has 2 N–H and O–H groups in total. The highest BCUT2D eigenvalue weighted by Crippen LogP contribution is 2.34. The molecule has 0 radical (unpaired) electrons. The zero-order valence-corrected chi connectivity index (χ0v) is 18.8. The number of ether oxygens (including phenoxy) is 1. The Bertz CT molecular complexity index is 682. The van der Waals surface area contributed by atoms with E-state index in [0.29, 0.717) is 5.92 Å². The Morgan fingerprint density at radius 1 is 1.10 bits per heavy atom. The Hall–Kier alpha value is -1.59. The molecule has 3 rings (SSSR count). The molecule has 1 saturated heterocycles. The molecule has 4 nitrogen and oxygen atoms in total. The van der Waals surface area contributed by atoms with Gasteiger partial charge < -0.3 is 15.4 Å². The number of hydrogen-bond acceptors (Lipinski definition) is 5. The second-order valence-corrected chi connectivity index (χ2v) is 9.25. The molecule has 1 aromatic rings. The lowest BCUT2D eigenvalue weighted by molar-refractivity contribution is 0.317. The Morgan fingerprint density at radius 3 is 2.62 bits per heavy atom. The first-order valence-electron chi connectivity index (χ1n) is 11.1. The van der Waals surface area contributed by atoms with Gasteiger partial charge in [0.05, 0.1) is 12.8 Å². The fraction of sp³-hybridized carbons (Fsp3) is 0.583. The highest BCUT2D eigenvalue weighted by molar-refractivity contribution is 8.05. The van der Waals surface area contributed by atoms with E-state index in [0.717, 1.165) is 50.6 Å².